The van der Waals surface area contributed by atoms with Crippen molar-refractivity contribution in [3.05, 3.63) is 29.3 Å². The van der Waals surface area contributed by atoms with Crippen molar-refractivity contribution in [3.8, 4) is 5.75 Å². The summed E-state index contributed by atoms with van der Waals surface area (Å²) in [4.78, 5) is 0. The molecule has 1 aliphatic heterocycles. The highest BCUT2D eigenvalue weighted by molar-refractivity contribution is 8.07. The maximum Gasteiger partial charge on any atom is 0.122 e. The smallest absolute Gasteiger partial charge is 0.122 e. The molecule has 0 aliphatic carbocycles. The van der Waals surface area contributed by atoms with Crippen molar-refractivity contribution in [2.45, 2.75) is 49.0 Å². The summed E-state index contributed by atoms with van der Waals surface area (Å²) in [5.41, 5.74) is 8.97. The Labute approximate surface area is 131 Å². The average Bonchev–Trinajstić information content (AvgIpc) is 2.42. The highest BCUT2D eigenvalue weighted by atomic mass is 32.2. The Bertz CT molecular complexity index is 452. The van der Waals surface area contributed by atoms with Crippen LogP contribution in [0.3, 0.4) is 0 Å². The Morgan fingerprint density at radius 1 is 1.35 bits per heavy atom. The van der Waals surface area contributed by atoms with Gasteiger partial charge in [-0.05, 0) is 25.0 Å². The van der Waals surface area contributed by atoms with Gasteiger partial charge in [-0.25, -0.2) is 0 Å². The van der Waals surface area contributed by atoms with Crippen molar-refractivity contribution in [1.82, 2.24) is 0 Å². The number of methoxy groups -OCH3 is 1. The van der Waals surface area contributed by atoms with Crippen LogP contribution in [0.25, 0.3) is 0 Å². The number of hydrogen-bond donors (Lipinski definition) is 1. The van der Waals surface area contributed by atoms with Gasteiger partial charge < -0.3 is 10.5 Å². The number of aryl methyl sites for hydroxylation is 1. The summed E-state index contributed by atoms with van der Waals surface area (Å²) in [5, 5.41) is 1.96. The predicted molar refractivity (Wildman–Crippen MR) is 92.2 cm³/mol. The first-order chi connectivity index (χ1) is 9.51. The molecule has 0 radical (unpaired) electrons. The molecule has 0 bridgehead atoms. The molecule has 1 aliphatic rings. The fourth-order valence-corrected chi connectivity index (χ4v) is 5.54. The van der Waals surface area contributed by atoms with Crippen LogP contribution in [0.4, 0.5) is 0 Å². The SMILES string of the molecule is COc1ccc(C)cc1CC(N)C1CSC(C)C(C)S1. The van der Waals surface area contributed by atoms with Gasteiger partial charge in [0.2, 0.25) is 0 Å². The van der Waals surface area contributed by atoms with Crippen molar-refractivity contribution < 1.29 is 4.74 Å². The molecule has 2 nitrogen and oxygen atoms in total. The first-order valence-corrected chi connectivity index (χ1v) is 9.16. The number of nitrogens with two attached hydrogens (primary N) is 1. The molecule has 0 amide bonds. The zero-order valence-electron chi connectivity index (χ0n) is 12.8. The first-order valence-electron chi connectivity index (χ1n) is 7.17. The van der Waals surface area contributed by atoms with Gasteiger partial charge in [0, 0.05) is 27.5 Å². The maximum absolute atomic E-state index is 6.47. The van der Waals surface area contributed by atoms with Crippen LogP contribution >= 0.6 is 23.5 Å². The number of ether oxygens (including phenoxy) is 1. The monoisotopic (exact) mass is 311 g/mol. The van der Waals surface area contributed by atoms with Crippen LogP contribution in [0, 0.1) is 6.92 Å². The molecule has 1 saturated heterocycles. The second-order valence-corrected chi connectivity index (χ2v) is 8.63. The summed E-state index contributed by atoms with van der Waals surface area (Å²) in [6, 6.07) is 6.53. The van der Waals surface area contributed by atoms with Crippen LogP contribution in [0.1, 0.15) is 25.0 Å². The summed E-state index contributed by atoms with van der Waals surface area (Å²) in [5.74, 6) is 2.12. The lowest BCUT2D eigenvalue weighted by Crippen LogP contribution is -2.41. The molecular weight excluding hydrogens is 286 g/mol. The molecule has 4 heteroatoms. The Hall–Kier alpha value is -0.320. The van der Waals surface area contributed by atoms with Crippen molar-refractivity contribution in [2.24, 2.45) is 5.73 Å². The van der Waals surface area contributed by atoms with Crippen molar-refractivity contribution >= 4 is 23.5 Å². The summed E-state index contributed by atoms with van der Waals surface area (Å²) < 4.78 is 5.46. The number of hydrogen-bond acceptors (Lipinski definition) is 4. The zero-order valence-corrected chi connectivity index (χ0v) is 14.4. The standard InChI is InChI=1S/C16H25NOS2/c1-10-5-6-15(18-4)13(7-10)8-14(17)16-9-19-11(2)12(3)20-16/h5-7,11-12,14,16H,8-9,17H2,1-4H3. The van der Waals surface area contributed by atoms with E-state index in [4.69, 9.17) is 10.5 Å². The topological polar surface area (TPSA) is 35.2 Å². The van der Waals surface area contributed by atoms with E-state index in [0.717, 1.165) is 23.2 Å². The van der Waals surface area contributed by atoms with Crippen LogP contribution in [-0.2, 0) is 6.42 Å². The molecule has 1 fully saturated rings. The second-order valence-electron chi connectivity index (χ2n) is 5.60. The Morgan fingerprint density at radius 2 is 2.10 bits per heavy atom. The summed E-state index contributed by atoms with van der Waals surface area (Å²) in [7, 11) is 1.73. The molecule has 0 aromatic heterocycles. The van der Waals surface area contributed by atoms with Gasteiger partial charge in [-0.2, -0.15) is 23.5 Å². The quantitative estimate of drug-likeness (QED) is 0.923. The Kier molecular flexibility index (Phi) is 5.70. The number of benzene rings is 1. The van der Waals surface area contributed by atoms with Crippen LogP contribution in [0.2, 0.25) is 0 Å². The summed E-state index contributed by atoms with van der Waals surface area (Å²) in [6.45, 7) is 6.74. The van der Waals surface area contributed by atoms with Crippen LogP contribution in [-0.4, -0.2) is 34.7 Å². The van der Waals surface area contributed by atoms with Crippen molar-refractivity contribution in [2.75, 3.05) is 12.9 Å². The molecule has 2 rings (SSSR count). The van der Waals surface area contributed by atoms with E-state index in [1.165, 1.54) is 11.1 Å². The Morgan fingerprint density at radius 3 is 2.75 bits per heavy atom. The first kappa shape index (κ1) is 16.1. The molecule has 4 unspecified atom stereocenters. The lowest BCUT2D eigenvalue weighted by molar-refractivity contribution is 0.407. The number of thioether (sulfide) groups is 2. The molecule has 1 heterocycles. The van der Waals surface area contributed by atoms with Gasteiger partial charge in [-0.1, -0.05) is 31.5 Å². The molecular formula is C16H25NOS2. The second kappa shape index (κ2) is 7.10. The van der Waals surface area contributed by atoms with Gasteiger partial charge >= 0.3 is 0 Å². The van der Waals surface area contributed by atoms with E-state index in [1.807, 2.05) is 6.07 Å². The third-order valence-corrected chi connectivity index (χ3v) is 7.52. The van der Waals surface area contributed by atoms with Crippen molar-refractivity contribution in [1.29, 1.82) is 0 Å². The van der Waals surface area contributed by atoms with E-state index in [1.54, 1.807) is 7.11 Å². The third-order valence-electron chi connectivity index (χ3n) is 3.94. The maximum atomic E-state index is 6.47. The summed E-state index contributed by atoms with van der Waals surface area (Å²) in [6.07, 6.45) is 0.893. The van der Waals surface area contributed by atoms with E-state index in [0.29, 0.717) is 10.5 Å². The highest BCUT2D eigenvalue weighted by Crippen LogP contribution is 2.37. The van der Waals surface area contributed by atoms with Gasteiger partial charge in [0.25, 0.3) is 0 Å². The third kappa shape index (κ3) is 3.86. The zero-order chi connectivity index (χ0) is 14.7. The van der Waals surface area contributed by atoms with Crippen molar-refractivity contribution in [3.63, 3.8) is 0 Å². The van der Waals surface area contributed by atoms with Gasteiger partial charge in [-0.15, -0.1) is 0 Å². The highest BCUT2D eigenvalue weighted by Gasteiger charge is 2.29. The van der Waals surface area contributed by atoms with E-state index < -0.39 is 0 Å². The minimum absolute atomic E-state index is 0.193. The normalized spacial score (nSPS) is 28.1. The molecule has 112 valence electrons. The molecule has 2 N–H and O–H groups in total. The molecule has 0 saturated carbocycles. The van der Waals surface area contributed by atoms with E-state index in [2.05, 4.69) is 56.4 Å². The van der Waals surface area contributed by atoms with Crippen LogP contribution in [0.15, 0.2) is 18.2 Å². The van der Waals surface area contributed by atoms with Gasteiger partial charge in [-0.3, -0.25) is 0 Å². The fraction of sp³-hybridized carbons (Fsp3) is 0.625. The van der Waals surface area contributed by atoms with Gasteiger partial charge in [0.05, 0.1) is 7.11 Å². The van der Waals surface area contributed by atoms with E-state index in [9.17, 15) is 0 Å². The van der Waals surface area contributed by atoms with E-state index in [-0.39, 0.29) is 6.04 Å². The molecule has 20 heavy (non-hydrogen) atoms. The van der Waals surface area contributed by atoms with Gasteiger partial charge in [0.1, 0.15) is 5.75 Å². The van der Waals surface area contributed by atoms with Crippen LogP contribution < -0.4 is 10.5 Å². The molecule has 0 spiro atoms. The lowest BCUT2D eigenvalue weighted by atomic mass is 10.0. The number of rotatable bonds is 4. The minimum Gasteiger partial charge on any atom is -0.496 e. The molecule has 4 atom stereocenters. The molecule has 1 aromatic rings. The van der Waals surface area contributed by atoms with Crippen LogP contribution in [0.5, 0.6) is 5.75 Å². The largest absolute Gasteiger partial charge is 0.496 e. The van der Waals surface area contributed by atoms with Gasteiger partial charge in [0.15, 0.2) is 0 Å². The lowest BCUT2D eigenvalue weighted by Gasteiger charge is -2.34. The molecule has 1 aromatic carbocycles. The van der Waals surface area contributed by atoms with E-state index >= 15 is 0 Å². The summed E-state index contributed by atoms with van der Waals surface area (Å²) >= 11 is 4.11. The Balaban J connectivity index is 2.04. The minimum atomic E-state index is 0.193. The fourth-order valence-electron chi connectivity index (χ4n) is 2.48. The predicted octanol–water partition coefficient (Wildman–Crippen LogP) is 3.50. The average molecular weight is 312 g/mol.